The molecule has 25 heavy (non-hydrogen) atoms. The van der Waals surface area contributed by atoms with Crippen molar-refractivity contribution in [3.63, 3.8) is 0 Å². The Bertz CT molecular complexity index is 517. The predicted molar refractivity (Wildman–Crippen MR) is 105 cm³/mol. The maximum Gasteiger partial charge on any atom is 0.244 e. The number of hydrogen-bond acceptors (Lipinski definition) is 4. The minimum Gasteiger partial charge on any atom is -0.493 e. The minimum absolute atomic E-state index is 0.0177. The van der Waals surface area contributed by atoms with Crippen LogP contribution in [0.1, 0.15) is 51.9 Å². The van der Waals surface area contributed by atoms with E-state index in [2.05, 4.69) is 12.2 Å². The Morgan fingerprint density at radius 3 is 2.56 bits per heavy atom. The number of nitrogens with one attached hydrogen (secondary N) is 1. The molecule has 0 radical (unpaired) electrons. The van der Waals surface area contributed by atoms with Gasteiger partial charge in [0.25, 0.3) is 0 Å². The lowest BCUT2D eigenvalue weighted by Gasteiger charge is -2.04. The molecule has 0 unspecified atom stereocenters. The van der Waals surface area contributed by atoms with Crippen molar-refractivity contribution in [3.05, 3.63) is 41.8 Å². The molecule has 1 aromatic rings. The molecule has 4 nitrogen and oxygen atoms in total. The van der Waals surface area contributed by atoms with E-state index in [9.17, 15) is 9.59 Å². The van der Waals surface area contributed by atoms with Gasteiger partial charge in [-0.2, -0.15) is 0 Å². The quantitative estimate of drug-likeness (QED) is 0.407. The van der Waals surface area contributed by atoms with Crippen molar-refractivity contribution in [2.24, 2.45) is 0 Å². The van der Waals surface area contributed by atoms with Crippen molar-refractivity contribution in [1.82, 2.24) is 5.32 Å². The molecule has 0 aliphatic heterocycles. The molecule has 1 amide bonds. The lowest BCUT2D eigenvalue weighted by molar-refractivity contribution is -0.116. The molecule has 1 aromatic carbocycles. The average molecular weight is 364 g/mol. The van der Waals surface area contributed by atoms with E-state index in [0.717, 1.165) is 30.4 Å². The second kappa shape index (κ2) is 14.6. The highest BCUT2D eigenvalue weighted by Crippen LogP contribution is 2.11. The summed E-state index contributed by atoms with van der Waals surface area (Å²) >= 11 is 1.03. The summed E-state index contributed by atoms with van der Waals surface area (Å²) in [6, 6.07) is 9.39. The Labute approximate surface area is 155 Å². The largest absolute Gasteiger partial charge is 0.493 e. The number of thioether (sulfide) groups is 1. The zero-order valence-corrected chi connectivity index (χ0v) is 15.9. The molecular weight excluding hydrogens is 334 g/mol. The van der Waals surface area contributed by atoms with E-state index in [1.807, 2.05) is 30.3 Å². The number of unbranched alkanes of at least 4 members (excludes halogenated alkanes) is 5. The van der Waals surface area contributed by atoms with Crippen LogP contribution >= 0.6 is 11.8 Å². The van der Waals surface area contributed by atoms with Gasteiger partial charge in [-0.1, -0.05) is 69.0 Å². The second-order valence-electron chi connectivity index (χ2n) is 5.76. The molecule has 5 heteroatoms. The maximum absolute atomic E-state index is 11.7. The van der Waals surface area contributed by atoms with Crippen LogP contribution in [0.25, 0.3) is 0 Å². The van der Waals surface area contributed by atoms with Crippen molar-refractivity contribution >= 4 is 22.8 Å². The molecule has 1 rings (SSSR count). The Hall–Kier alpha value is -1.75. The lowest BCUT2D eigenvalue weighted by atomic mass is 10.1. The fourth-order valence-electron chi connectivity index (χ4n) is 2.18. The van der Waals surface area contributed by atoms with Gasteiger partial charge < -0.3 is 10.1 Å². The van der Waals surface area contributed by atoms with Gasteiger partial charge in [-0.3, -0.25) is 9.59 Å². The number of amides is 1. The highest BCUT2D eigenvalue weighted by molar-refractivity contribution is 8.16. The minimum atomic E-state index is -0.144. The van der Waals surface area contributed by atoms with E-state index < -0.39 is 0 Å². The van der Waals surface area contributed by atoms with E-state index in [4.69, 9.17) is 4.74 Å². The van der Waals surface area contributed by atoms with E-state index in [1.165, 1.54) is 31.8 Å². The van der Waals surface area contributed by atoms with Gasteiger partial charge in [0.15, 0.2) is 5.12 Å². The second-order valence-corrected chi connectivity index (χ2v) is 6.73. The van der Waals surface area contributed by atoms with Crippen LogP contribution in [0.5, 0.6) is 5.75 Å². The third-order valence-electron chi connectivity index (χ3n) is 3.57. The number of rotatable bonds is 13. The van der Waals surface area contributed by atoms with Crippen LogP contribution in [-0.4, -0.2) is 24.2 Å². The maximum atomic E-state index is 11.7. The number of hydrogen-bond donors (Lipinski definition) is 1. The standard InChI is InChI=1S/C20H29NO3S/c1-2-3-4-5-6-10-15-21-19(22)14-17-25-20(23)13-16-24-18-11-8-7-9-12-18/h7-9,11-12,14,17H,2-6,10,13,15-16H2,1H3,(H,21,22). The summed E-state index contributed by atoms with van der Waals surface area (Å²) < 4.78 is 5.47. The molecule has 0 heterocycles. The Kier molecular flexibility index (Phi) is 12.4. The van der Waals surface area contributed by atoms with Crippen LogP contribution in [0.3, 0.4) is 0 Å². The smallest absolute Gasteiger partial charge is 0.244 e. The molecule has 138 valence electrons. The average Bonchev–Trinajstić information content (AvgIpc) is 2.62. The zero-order valence-electron chi connectivity index (χ0n) is 15.0. The van der Waals surface area contributed by atoms with Gasteiger partial charge in [-0.15, -0.1) is 0 Å². The molecule has 0 saturated heterocycles. The number of para-hydroxylation sites is 1. The van der Waals surface area contributed by atoms with Crippen LogP contribution in [0, 0.1) is 0 Å². The third-order valence-corrected chi connectivity index (χ3v) is 4.31. The van der Waals surface area contributed by atoms with E-state index in [-0.39, 0.29) is 11.0 Å². The monoisotopic (exact) mass is 363 g/mol. The normalized spacial score (nSPS) is 10.8. The number of carbonyl (C=O) groups excluding carboxylic acids is 2. The molecule has 0 atom stereocenters. The molecule has 0 aliphatic carbocycles. The molecule has 0 spiro atoms. The summed E-state index contributed by atoms with van der Waals surface area (Å²) in [6.07, 6.45) is 8.92. The fourth-order valence-corrected chi connectivity index (χ4v) is 2.72. The van der Waals surface area contributed by atoms with Gasteiger partial charge in [0.05, 0.1) is 13.0 Å². The Morgan fingerprint density at radius 2 is 1.80 bits per heavy atom. The summed E-state index contributed by atoms with van der Waals surface area (Å²) in [4.78, 5) is 23.3. The molecule has 0 bridgehead atoms. The molecule has 0 aromatic heterocycles. The topological polar surface area (TPSA) is 55.4 Å². The van der Waals surface area contributed by atoms with Crippen molar-refractivity contribution in [3.8, 4) is 5.75 Å². The van der Waals surface area contributed by atoms with Gasteiger partial charge >= 0.3 is 0 Å². The number of ether oxygens (including phenoxy) is 1. The predicted octanol–water partition coefficient (Wildman–Crippen LogP) is 4.71. The first-order chi connectivity index (χ1) is 12.2. The summed E-state index contributed by atoms with van der Waals surface area (Å²) in [5.41, 5.74) is 0. The number of carbonyl (C=O) groups is 2. The fraction of sp³-hybridized carbons (Fsp3) is 0.500. The molecule has 1 N–H and O–H groups in total. The van der Waals surface area contributed by atoms with Crippen molar-refractivity contribution in [2.75, 3.05) is 13.2 Å². The third kappa shape index (κ3) is 12.3. The van der Waals surface area contributed by atoms with Crippen LogP contribution < -0.4 is 10.1 Å². The SMILES string of the molecule is CCCCCCCCNC(=O)C=CSC(=O)CCOc1ccccc1. The van der Waals surface area contributed by atoms with E-state index in [0.29, 0.717) is 19.6 Å². The van der Waals surface area contributed by atoms with Crippen LogP contribution in [0.4, 0.5) is 0 Å². The molecule has 0 aliphatic rings. The number of benzene rings is 1. The van der Waals surface area contributed by atoms with Gasteiger partial charge in [0.1, 0.15) is 5.75 Å². The first-order valence-electron chi connectivity index (χ1n) is 9.04. The highest BCUT2D eigenvalue weighted by Gasteiger charge is 2.02. The van der Waals surface area contributed by atoms with Crippen LogP contribution in [0.2, 0.25) is 0 Å². The summed E-state index contributed by atoms with van der Waals surface area (Å²) in [5.74, 6) is 0.610. The van der Waals surface area contributed by atoms with Gasteiger partial charge in [-0.05, 0) is 24.0 Å². The Balaban J connectivity index is 2.01. The molecule has 0 fully saturated rings. The lowest BCUT2D eigenvalue weighted by Crippen LogP contribution is -2.21. The van der Waals surface area contributed by atoms with Gasteiger partial charge in [0, 0.05) is 12.6 Å². The van der Waals surface area contributed by atoms with Crippen molar-refractivity contribution < 1.29 is 14.3 Å². The zero-order chi connectivity index (χ0) is 18.2. The summed E-state index contributed by atoms with van der Waals surface area (Å²) in [7, 11) is 0. The molecule has 0 saturated carbocycles. The highest BCUT2D eigenvalue weighted by atomic mass is 32.2. The van der Waals surface area contributed by atoms with Crippen LogP contribution in [-0.2, 0) is 9.59 Å². The van der Waals surface area contributed by atoms with E-state index in [1.54, 1.807) is 5.41 Å². The van der Waals surface area contributed by atoms with Crippen molar-refractivity contribution in [1.29, 1.82) is 0 Å². The Morgan fingerprint density at radius 1 is 1.08 bits per heavy atom. The summed E-state index contributed by atoms with van der Waals surface area (Å²) in [5, 5.41) is 4.36. The van der Waals surface area contributed by atoms with E-state index >= 15 is 0 Å². The summed E-state index contributed by atoms with van der Waals surface area (Å²) in [6.45, 7) is 3.23. The van der Waals surface area contributed by atoms with Gasteiger partial charge in [-0.25, -0.2) is 0 Å². The van der Waals surface area contributed by atoms with Gasteiger partial charge in [0.2, 0.25) is 5.91 Å². The van der Waals surface area contributed by atoms with Crippen molar-refractivity contribution in [2.45, 2.75) is 51.9 Å². The van der Waals surface area contributed by atoms with Crippen LogP contribution in [0.15, 0.2) is 41.8 Å². The molecular formula is C20H29NO3S. The first-order valence-corrected chi connectivity index (χ1v) is 9.92. The first kappa shape index (κ1) is 21.3.